The van der Waals surface area contributed by atoms with E-state index in [1.165, 1.54) is 32.7 Å². The van der Waals surface area contributed by atoms with E-state index >= 15 is 0 Å². The number of aromatic hydroxyl groups is 1. The quantitative estimate of drug-likeness (QED) is 0.607. The molecule has 0 spiro atoms. The lowest BCUT2D eigenvalue weighted by atomic mass is 10.1. The number of esters is 1. The van der Waals surface area contributed by atoms with Gasteiger partial charge in [0.05, 0.1) is 7.11 Å². The molecule has 6 heteroatoms. The van der Waals surface area contributed by atoms with Crippen molar-refractivity contribution in [1.82, 2.24) is 14.8 Å². The molecule has 1 saturated heterocycles. The fourth-order valence-electron chi connectivity index (χ4n) is 2.77. The molecule has 1 N–H and O–H groups in total. The molecular weight excluding hydrogens is 294 g/mol. The summed E-state index contributed by atoms with van der Waals surface area (Å²) in [6, 6.07) is 3.28. The van der Waals surface area contributed by atoms with Gasteiger partial charge >= 0.3 is 5.97 Å². The molecule has 1 aromatic rings. The molecular formula is C17H27N3O3. The number of carbonyl (C=O) groups is 1. The first kappa shape index (κ1) is 17.7. The molecule has 1 aliphatic heterocycles. The Bertz CT molecular complexity index is 514. The van der Waals surface area contributed by atoms with Crippen LogP contribution in [0.2, 0.25) is 0 Å². The van der Waals surface area contributed by atoms with Crippen molar-refractivity contribution in [2.75, 3.05) is 46.9 Å². The summed E-state index contributed by atoms with van der Waals surface area (Å²) >= 11 is 0. The summed E-state index contributed by atoms with van der Waals surface area (Å²) in [7, 11) is 3.46. The second kappa shape index (κ2) is 8.84. The second-order valence-corrected chi connectivity index (χ2v) is 6.12. The minimum absolute atomic E-state index is 0.00226. The van der Waals surface area contributed by atoms with Crippen LogP contribution in [0.5, 0.6) is 5.75 Å². The number of pyridine rings is 1. The Kier molecular flexibility index (Phi) is 6.80. The Hall–Kier alpha value is -1.66. The predicted octanol–water partition coefficient (Wildman–Crippen LogP) is 1.53. The molecule has 1 fully saturated rings. The largest absolute Gasteiger partial charge is 0.505 e. The molecule has 1 aromatic heterocycles. The number of nitrogens with zero attached hydrogens (tertiary/aromatic N) is 3. The maximum Gasteiger partial charge on any atom is 0.360 e. The van der Waals surface area contributed by atoms with E-state index < -0.39 is 5.97 Å². The van der Waals surface area contributed by atoms with Gasteiger partial charge in [-0.05, 0) is 45.0 Å². The van der Waals surface area contributed by atoms with Gasteiger partial charge in [-0.2, -0.15) is 0 Å². The van der Waals surface area contributed by atoms with Gasteiger partial charge in [-0.3, -0.25) is 0 Å². The molecule has 23 heavy (non-hydrogen) atoms. The number of methoxy groups -OCH3 is 1. The fraction of sp³-hybridized carbons (Fsp3) is 0.647. The highest BCUT2D eigenvalue weighted by Gasteiger charge is 2.14. The summed E-state index contributed by atoms with van der Waals surface area (Å²) in [6.07, 6.45) is 4.17. The summed E-state index contributed by atoms with van der Waals surface area (Å²) < 4.78 is 4.62. The Balaban J connectivity index is 1.69. The van der Waals surface area contributed by atoms with E-state index in [4.69, 9.17) is 0 Å². The lowest BCUT2D eigenvalue weighted by Crippen LogP contribution is -2.44. The number of hydrogen-bond donors (Lipinski definition) is 1. The van der Waals surface area contributed by atoms with Crippen molar-refractivity contribution >= 4 is 5.97 Å². The van der Waals surface area contributed by atoms with Gasteiger partial charge in [0.25, 0.3) is 0 Å². The zero-order valence-corrected chi connectivity index (χ0v) is 14.1. The van der Waals surface area contributed by atoms with Crippen molar-refractivity contribution in [1.29, 1.82) is 0 Å². The molecule has 0 aromatic carbocycles. The van der Waals surface area contributed by atoms with E-state index in [-0.39, 0.29) is 11.4 Å². The Morgan fingerprint density at radius 1 is 1.22 bits per heavy atom. The van der Waals surface area contributed by atoms with Crippen molar-refractivity contribution in [3.05, 3.63) is 23.5 Å². The summed E-state index contributed by atoms with van der Waals surface area (Å²) in [5.74, 6) is -0.727. The summed E-state index contributed by atoms with van der Waals surface area (Å²) in [6.45, 7) is 5.81. The molecule has 0 amide bonds. The molecule has 0 unspecified atom stereocenters. The average Bonchev–Trinajstić information content (AvgIpc) is 2.57. The minimum Gasteiger partial charge on any atom is -0.505 e. The number of aromatic nitrogens is 1. The van der Waals surface area contributed by atoms with E-state index in [1.807, 2.05) is 0 Å². The third-order valence-corrected chi connectivity index (χ3v) is 4.31. The zero-order valence-electron chi connectivity index (χ0n) is 14.1. The van der Waals surface area contributed by atoms with Gasteiger partial charge in [0.1, 0.15) is 5.75 Å². The van der Waals surface area contributed by atoms with Gasteiger partial charge in [-0.25, -0.2) is 9.78 Å². The molecule has 0 atom stereocenters. The van der Waals surface area contributed by atoms with Gasteiger partial charge in [-0.15, -0.1) is 0 Å². The van der Waals surface area contributed by atoms with Crippen LogP contribution in [-0.2, 0) is 11.2 Å². The first-order valence-corrected chi connectivity index (χ1v) is 8.28. The molecule has 6 nitrogen and oxygen atoms in total. The summed E-state index contributed by atoms with van der Waals surface area (Å²) in [5, 5.41) is 9.64. The Morgan fingerprint density at radius 3 is 2.65 bits per heavy atom. The first-order valence-electron chi connectivity index (χ1n) is 8.28. The van der Waals surface area contributed by atoms with Crippen LogP contribution in [0.25, 0.3) is 0 Å². The third kappa shape index (κ3) is 5.48. The number of aryl methyl sites for hydroxylation is 1. The van der Waals surface area contributed by atoms with Gasteiger partial charge in [0.15, 0.2) is 5.69 Å². The van der Waals surface area contributed by atoms with Crippen molar-refractivity contribution < 1.29 is 14.6 Å². The van der Waals surface area contributed by atoms with E-state index in [0.717, 1.165) is 44.6 Å². The molecule has 2 heterocycles. The number of hydrogen-bond acceptors (Lipinski definition) is 6. The standard InChI is InChI=1S/C17H27N3O3/c1-19-10-12-20(13-11-19)9-5-3-4-6-14-7-8-15(21)16(18-14)17(22)23-2/h7-8,21H,3-6,9-13H2,1-2H3. The van der Waals surface area contributed by atoms with Crippen molar-refractivity contribution in [3.63, 3.8) is 0 Å². The van der Waals surface area contributed by atoms with Gasteiger partial charge in [0, 0.05) is 31.9 Å². The minimum atomic E-state index is -0.598. The van der Waals surface area contributed by atoms with E-state index in [0.29, 0.717) is 0 Å². The van der Waals surface area contributed by atoms with Crippen molar-refractivity contribution in [2.45, 2.75) is 25.7 Å². The number of likely N-dealkylation sites (N-methyl/N-ethyl adjacent to an activating group) is 1. The van der Waals surface area contributed by atoms with Crippen LogP contribution in [0.15, 0.2) is 12.1 Å². The zero-order chi connectivity index (χ0) is 16.7. The summed E-state index contributed by atoms with van der Waals surface area (Å²) in [5.41, 5.74) is 0.824. The highest BCUT2D eigenvalue weighted by molar-refractivity contribution is 5.90. The highest BCUT2D eigenvalue weighted by atomic mass is 16.5. The average molecular weight is 321 g/mol. The monoisotopic (exact) mass is 321 g/mol. The van der Waals surface area contributed by atoms with Crippen LogP contribution in [0.1, 0.15) is 35.4 Å². The second-order valence-electron chi connectivity index (χ2n) is 6.12. The lowest BCUT2D eigenvalue weighted by Gasteiger charge is -2.32. The van der Waals surface area contributed by atoms with Crippen molar-refractivity contribution in [2.24, 2.45) is 0 Å². The van der Waals surface area contributed by atoms with Crippen LogP contribution in [0, 0.1) is 0 Å². The summed E-state index contributed by atoms with van der Waals surface area (Å²) in [4.78, 5) is 20.6. The molecule has 0 aliphatic carbocycles. The van der Waals surface area contributed by atoms with Crippen LogP contribution in [0.4, 0.5) is 0 Å². The van der Waals surface area contributed by atoms with Gasteiger partial charge < -0.3 is 19.6 Å². The maximum absolute atomic E-state index is 11.5. The van der Waals surface area contributed by atoms with Crippen LogP contribution in [0.3, 0.4) is 0 Å². The highest BCUT2D eigenvalue weighted by Crippen LogP contribution is 2.17. The number of carbonyl (C=O) groups excluding carboxylic acids is 1. The Labute approximate surface area is 138 Å². The molecule has 0 bridgehead atoms. The normalized spacial score (nSPS) is 16.4. The molecule has 0 saturated carbocycles. The Morgan fingerprint density at radius 2 is 1.96 bits per heavy atom. The van der Waals surface area contributed by atoms with Gasteiger partial charge in [0.2, 0.25) is 0 Å². The van der Waals surface area contributed by atoms with Crippen LogP contribution >= 0.6 is 0 Å². The number of rotatable bonds is 7. The predicted molar refractivity (Wildman–Crippen MR) is 88.7 cm³/mol. The van der Waals surface area contributed by atoms with Gasteiger partial charge in [-0.1, -0.05) is 6.42 Å². The topological polar surface area (TPSA) is 65.9 Å². The maximum atomic E-state index is 11.5. The molecule has 0 radical (unpaired) electrons. The third-order valence-electron chi connectivity index (χ3n) is 4.31. The molecule has 2 rings (SSSR count). The molecule has 128 valence electrons. The smallest absolute Gasteiger partial charge is 0.360 e. The van der Waals surface area contributed by atoms with E-state index in [2.05, 4.69) is 26.6 Å². The molecule has 1 aliphatic rings. The van der Waals surface area contributed by atoms with Crippen molar-refractivity contribution in [3.8, 4) is 5.75 Å². The number of ether oxygens (including phenoxy) is 1. The van der Waals surface area contributed by atoms with E-state index in [1.54, 1.807) is 6.07 Å². The van der Waals surface area contributed by atoms with Crippen LogP contribution in [-0.4, -0.2) is 72.7 Å². The lowest BCUT2D eigenvalue weighted by molar-refractivity contribution is 0.0590. The van der Waals surface area contributed by atoms with Crippen LogP contribution < -0.4 is 0 Å². The number of piperazine rings is 1. The SMILES string of the molecule is COC(=O)c1nc(CCCCCN2CCN(C)CC2)ccc1O. The fourth-order valence-corrected chi connectivity index (χ4v) is 2.77. The van der Waals surface area contributed by atoms with E-state index in [9.17, 15) is 9.90 Å². The first-order chi connectivity index (χ1) is 11.1. The number of unbranched alkanes of at least 4 members (excludes halogenated alkanes) is 2.